The summed E-state index contributed by atoms with van der Waals surface area (Å²) in [5.41, 5.74) is 3.11. The van der Waals surface area contributed by atoms with Gasteiger partial charge in [-0.05, 0) is 48.0 Å². The van der Waals surface area contributed by atoms with Crippen molar-refractivity contribution >= 4 is 57.0 Å². The zero-order chi connectivity index (χ0) is 20.0. The number of ether oxygens (including phenoxy) is 1. The molecular weight excluding hydrogens is 394 g/mol. The molecule has 28 heavy (non-hydrogen) atoms. The summed E-state index contributed by atoms with van der Waals surface area (Å²) in [6.07, 6.45) is 1.81. The zero-order valence-corrected chi connectivity index (χ0v) is 17.1. The van der Waals surface area contributed by atoms with Crippen LogP contribution in [0.25, 0.3) is 17.1 Å². The number of benzene rings is 2. The van der Waals surface area contributed by atoms with Crippen LogP contribution in [0.4, 0.5) is 5.69 Å². The quantitative estimate of drug-likeness (QED) is 0.489. The number of thioether (sulfide) groups is 1. The van der Waals surface area contributed by atoms with Gasteiger partial charge in [-0.15, -0.1) is 0 Å². The standard InChI is InChI=1S/C20H17N3O3S2/c1-21-15-9-4-12(10-16(15)22(2)19(21)25)11-17-18(24)23(20(27)28-17)13-5-7-14(26-3)8-6-13/h4-11H,1-3H3/b17-11-. The normalized spacial score (nSPS) is 15.8. The number of rotatable bonds is 3. The molecule has 0 saturated carbocycles. The van der Waals surface area contributed by atoms with Crippen molar-refractivity contribution in [3.63, 3.8) is 0 Å². The van der Waals surface area contributed by atoms with Crippen LogP contribution in [0.1, 0.15) is 5.56 Å². The zero-order valence-electron chi connectivity index (χ0n) is 15.5. The molecule has 1 amide bonds. The lowest BCUT2D eigenvalue weighted by Crippen LogP contribution is -2.27. The minimum Gasteiger partial charge on any atom is -0.497 e. The molecule has 1 aliphatic heterocycles. The topological polar surface area (TPSA) is 56.5 Å². The Labute approximate surface area is 171 Å². The van der Waals surface area contributed by atoms with E-state index in [1.165, 1.54) is 16.7 Å². The second-order valence-corrected chi connectivity index (χ2v) is 8.04. The highest BCUT2D eigenvalue weighted by Crippen LogP contribution is 2.36. The number of amides is 1. The second kappa shape index (κ2) is 6.96. The molecule has 8 heteroatoms. The monoisotopic (exact) mass is 411 g/mol. The van der Waals surface area contributed by atoms with E-state index in [1.807, 2.05) is 18.2 Å². The van der Waals surface area contributed by atoms with E-state index in [-0.39, 0.29) is 11.6 Å². The van der Waals surface area contributed by atoms with Crippen LogP contribution in [-0.4, -0.2) is 26.5 Å². The lowest BCUT2D eigenvalue weighted by atomic mass is 10.1. The Kier molecular flexibility index (Phi) is 4.60. The molecule has 3 aromatic rings. The molecule has 1 fully saturated rings. The van der Waals surface area contributed by atoms with E-state index in [4.69, 9.17) is 17.0 Å². The number of carbonyl (C=O) groups is 1. The highest BCUT2D eigenvalue weighted by atomic mass is 32.2. The smallest absolute Gasteiger partial charge is 0.328 e. The fourth-order valence-electron chi connectivity index (χ4n) is 3.19. The third kappa shape index (κ3) is 2.94. The summed E-state index contributed by atoms with van der Waals surface area (Å²) in [7, 11) is 5.07. The fraction of sp³-hybridized carbons (Fsp3) is 0.150. The largest absolute Gasteiger partial charge is 0.497 e. The molecule has 0 radical (unpaired) electrons. The van der Waals surface area contributed by atoms with Crippen LogP contribution >= 0.6 is 24.0 Å². The number of imidazole rings is 1. The van der Waals surface area contributed by atoms with E-state index in [0.29, 0.717) is 20.7 Å². The minimum atomic E-state index is -0.165. The van der Waals surface area contributed by atoms with Gasteiger partial charge >= 0.3 is 5.69 Å². The fourth-order valence-corrected chi connectivity index (χ4v) is 4.49. The van der Waals surface area contributed by atoms with Crippen molar-refractivity contribution in [2.75, 3.05) is 12.0 Å². The number of fused-ring (bicyclic) bond motifs is 1. The highest BCUT2D eigenvalue weighted by molar-refractivity contribution is 8.27. The molecule has 2 heterocycles. The van der Waals surface area contributed by atoms with E-state index in [9.17, 15) is 9.59 Å². The third-order valence-corrected chi connectivity index (χ3v) is 6.02. The van der Waals surface area contributed by atoms with Crippen LogP contribution in [0.5, 0.6) is 5.75 Å². The van der Waals surface area contributed by atoms with Crippen LogP contribution in [0.2, 0.25) is 0 Å². The average molecular weight is 412 g/mol. The molecule has 6 nitrogen and oxygen atoms in total. The van der Waals surface area contributed by atoms with Gasteiger partial charge in [0.2, 0.25) is 0 Å². The number of hydrogen-bond acceptors (Lipinski definition) is 5. The summed E-state index contributed by atoms with van der Waals surface area (Å²) in [5.74, 6) is 0.550. The van der Waals surface area contributed by atoms with Gasteiger partial charge in [0.15, 0.2) is 4.32 Å². The number of carbonyl (C=O) groups excluding carboxylic acids is 1. The number of anilines is 1. The van der Waals surface area contributed by atoms with Crippen LogP contribution in [0.3, 0.4) is 0 Å². The highest BCUT2D eigenvalue weighted by Gasteiger charge is 2.33. The van der Waals surface area contributed by atoms with Crippen molar-refractivity contribution in [1.82, 2.24) is 9.13 Å². The van der Waals surface area contributed by atoms with Gasteiger partial charge in [0, 0.05) is 14.1 Å². The van der Waals surface area contributed by atoms with Crippen LogP contribution in [0.15, 0.2) is 52.2 Å². The lowest BCUT2D eigenvalue weighted by Gasteiger charge is -2.14. The number of hydrogen-bond donors (Lipinski definition) is 0. The molecular formula is C20H17N3O3S2. The summed E-state index contributed by atoms with van der Waals surface area (Å²) < 4.78 is 8.83. The Morgan fingerprint density at radius 2 is 1.68 bits per heavy atom. The van der Waals surface area contributed by atoms with Crippen LogP contribution in [0, 0.1) is 0 Å². The first-order valence-electron chi connectivity index (χ1n) is 8.48. The van der Waals surface area contributed by atoms with Crippen LogP contribution < -0.4 is 15.3 Å². The number of methoxy groups -OCH3 is 1. The Morgan fingerprint density at radius 3 is 2.36 bits per heavy atom. The molecule has 1 saturated heterocycles. The molecule has 0 spiro atoms. The first-order valence-corrected chi connectivity index (χ1v) is 9.70. The van der Waals surface area contributed by atoms with Gasteiger partial charge in [0.05, 0.1) is 28.7 Å². The van der Waals surface area contributed by atoms with E-state index in [2.05, 4.69) is 0 Å². The van der Waals surface area contributed by atoms with Gasteiger partial charge in [-0.3, -0.25) is 18.8 Å². The van der Waals surface area contributed by atoms with E-state index < -0.39 is 0 Å². The van der Waals surface area contributed by atoms with Gasteiger partial charge < -0.3 is 4.74 Å². The molecule has 0 unspecified atom stereocenters. The number of aryl methyl sites for hydroxylation is 2. The van der Waals surface area contributed by atoms with Gasteiger partial charge in [-0.1, -0.05) is 30.0 Å². The molecule has 0 bridgehead atoms. The maximum Gasteiger partial charge on any atom is 0.328 e. The van der Waals surface area contributed by atoms with E-state index >= 15 is 0 Å². The molecule has 0 aliphatic carbocycles. The number of aromatic nitrogens is 2. The van der Waals surface area contributed by atoms with E-state index in [1.54, 1.807) is 60.7 Å². The molecule has 1 aliphatic rings. The Balaban J connectivity index is 1.69. The van der Waals surface area contributed by atoms with Gasteiger partial charge in [0.25, 0.3) is 5.91 Å². The van der Waals surface area contributed by atoms with Crippen molar-refractivity contribution in [3.8, 4) is 5.75 Å². The summed E-state index contributed by atoms with van der Waals surface area (Å²) in [6.45, 7) is 0. The predicted molar refractivity (Wildman–Crippen MR) is 117 cm³/mol. The maximum atomic E-state index is 12.9. The first-order chi connectivity index (χ1) is 13.4. The summed E-state index contributed by atoms with van der Waals surface area (Å²) in [6, 6.07) is 12.9. The number of nitrogens with zero attached hydrogens (tertiary/aromatic N) is 3. The predicted octanol–water partition coefficient (Wildman–Crippen LogP) is 3.29. The van der Waals surface area contributed by atoms with Crippen LogP contribution in [-0.2, 0) is 18.9 Å². The molecule has 0 atom stereocenters. The average Bonchev–Trinajstić information content (AvgIpc) is 3.10. The summed E-state index contributed by atoms with van der Waals surface area (Å²) in [4.78, 5) is 27.1. The SMILES string of the molecule is COc1ccc(N2C(=O)/C(=C/c3ccc4c(c3)n(C)c(=O)n4C)SC2=S)cc1. The van der Waals surface area contributed by atoms with Gasteiger partial charge in [-0.2, -0.15) is 0 Å². The van der Waals surface area contributed by atoms with Crippen molar-refractivity contribution in [3.05, 3.63) is 63.4 Å². The first kappa shape index (κ1) is 18.5. The maximum absolute atomic E-state index is 12.9. The minimum absolute atomic E-state index is 0.0852. The Hall–Kier alpha value is -2.84. The molecule has 1 aromatic heterocycles. The van der Waals surface area contributed by atoms with Crippen molar-refractivity contribution in [2.24, 2.45) is 14.1 Å². The number of thiocarbonyl (C=S) groups is 1. The molecule has 0 N–H and O–H groups in total. The third-order valence-electron chi connectivity index (χ3n) is 4.72. The van der Waals surface area contributed by atoms with Gasteiger partial charge in [-0.25, -0.2) is 4.79 Å². The van der Waals surface area contributed by atoms with Crippen molar-refractivity contribution in [2.45, 2.75) is 0 Å². The molecule has 4 rings (SSSR count). The van der Waals surface area contributed by atoms with Crippen molar-refractivity contribution in [1.29, 1.82) is 0 Å². The molecule has 142 valence electrons. The lowest BCUT2D eigenvalue weighted by molar-refractivity contribution is -0.113. The summed E-state index contributed by atoms with van der Waals surface area (Å²) >= 11 is 6.68. The van der Waals surface area contributed by atoms with Gasteiger partial charge in [0.1, 0.15) is 5.75 Å². The second-order valence-electron chi connectivity index (χ2n) is 6.36. The Bertz CT molecular complexity index is 1210. The van der Waals surface area contributed by atoms with E-state index in [0.717, 1.165) is 16.6 Å². The molecule has 2 aromatic carbocycles. The summed E-state index contributed by atoms with van der Waals surface area (Å²) in [5, 5.41) is 0. The Morgan fingerprint density at radius 1 is 1.00 bits per heavy atom. The van der Waals surface area contributed by atoms with Crippen molar-refractivity contribution < 1.29 is 9.53 Å².